The van der Waals surface area contributed by atoms with Gasteiger partial charge in [-0.05, 0) is 73.9 Å². The van der Waals surface area contributed by atoms with E-state index in [1.807, 2.05) is 19.1 Å². The lowest BCUT2D eigenvalue weighted by Gasteiger charge is -2.29. The first-order valence-corrected chi connectivity index (χ1v) is 13.8. The molecule has 41 heavy (non-hydrogen) atoms. The van der Waals surface area contributed by atoms with Crippen molar-refractivity contribution in [3.05, 3.63) is 76.7 Å². The summed E-state index contributed by atoms with van der Waals surface area (Å²) in [6.45, 7) is 6.13. The van der Waals surface area contributed by atoms with E-state index in [0.717, 1.165) is 42.7 Å². The Kier molecular flexibility index (Phi) is 10.2. The molecule has 0 spiro atoms. The van der Waals surface area contributed by atoms with Gasteiger partial charge in [0.05, 0.1) is 37.6 Å². The van der Waals surface area contributed by atoms with E-state index >= 15 is 0 Å². The van der Waals surface area contributed by atoms with E-state index in [1.165, 1.54) is 17.7 Å². The van der Waals surface area contributed by atoms with Crippen LogP contribution in [0.3, 0.4) is 0 Å². The summed E-state index contributed by atoms with van der Waals surface area (Å²) in [6.07, 6.45) is -2.86. The van der Waals surface area contributed by atoms with Gasteiger partial charge < -0.3 is 23.7 Å². The minimum atomic E-state index is -4.44. The molecular formula is C31H36F3NO6. The highest BCUT2D eigenvalue weighted by atomic mass is 19.4. The molecule has 3 aromatic rings. The third kappa shape index (κ3) is 8.64. The minimum Gasteiger partial charge on any atom is -0.479 e. The third-order valence-corrected chi connectivity index (χ3v) is 7.24. The molecule has 0 saturated heterocycles. The summed E-state index contributed by atoms with van der Waals surface area (Å²) in [5, 5.41) is 9.55. The first-order chi connectivity index (χ1) is 19.5. The number of carboxylic acid groups (broad SMARTS) is 1. The Morgan fingerprint density at radius 1 is 1.02 bits per heavy atom. The molecule has 1 aliphatic carbocycles. The highest BCUT2D eigenvalue weighted by molar-refractivity contribution is 5.72. The van der Waals surface area contributed by atoms with Crippen LogP contribution in [0.5, 0.6) is 0 Å². The van der Waals surface area contributed by atoms with Gasteiger partial charge in [-0.15, -0.1) is 0 Å². The molecule has 1 heterocycles. The molecule has 7 nitrogen and oxygen atoms in total. The Hall–Kier alpha value is -3.21. The molecule has 1 N–H and O–H groups in total. The van der Waals surface area contributed by atoms with Crippen molar-refractivity contribution < 1.29 is 41.7 Å². The van der Waals surface area contributed by atoms with Crippen molar-refractivity contribution in [1.82, 2.24) is 4.98 Å². The number of aliphatic carboxylic acids is 1. The SMILES string of the molecule is Cc1oc(-c2ccc(C(C)C)cc2)nc1COC1CCCC(OCC(OCc2ccc(C(F)(F)F)cc2)C(=O)O)C1. The van der Waals surface area contributed by atoms with Gasteiger partial charge in [0.15, 0.2) is 6.10 Å². The van der Waals surface area contributed by atoms with Crippen molar-refractivity contribution in [2.75, 3.05) is 6.61 Å². The smallest absolute Gasteiger partial charge is 0.416 e. The molecule has 0 bridgehead atoms. The highest BCUT2D eigenvalue weighted by Gasteiger charge is 2.30. The van der Waals surface area contributed by atoms with Crippen LogP contribution in [0.4, 0.5) is 13.2 Å². The van der Waals surface area contributed by atoms with E-state index < -0.39 is 23.8 Å². The number of carboxylic acids is 1. The summed E-state index contributed by atoms with van der Waals surface area (Å²) >= 11 is 0. The van der Waals surface area contributed by atoms with Crippen molar-refractivity contribution >= 4 is 5.97 Å². The Bertz CT molecular complexity index is 1270. The molecule has 0 amide bonds. The zero-order valence-corrected chi connectivity index (χ0v) is 23.4. The maximum absolute atomic E-state index is 12.8. The Morgan fingerprint density at radius 3 is 2.29 bits per heavy atom. The summed E-state index contributed by atoms with van der Waals surface area (Å²) in [6, 6.07) is 12.6. The standard InChI is InChI=1S/C31H36F3NO6/c1-19(2)22-9-11-23(12-10-22)29-35-27(20(3)41-29)17-38-25-5-4-6-26(15-25)39-18-28(30(36)37)40-16-21-7-13-24(14-8-21)31(32,33)34/h7-14,19,25-26,28H,4-6,15-18H2,1-3H3,(H,36,37). The number of nitrogens with zero attached hydrogens (tertiary/aromatic N) is 1. The van der Waals surface area contributed by atoms with Gasteiger partial charge in [0.25, 0.3) is 0 Å². The van der Waals surface area contributed by atoms with Crippen LogP contribution in [0.2, 0.25) is 0 Å². The molecule has 4 rings (SSSR count). The number of hydrogen-bond acceptors (Lipinski definition) is 6. The lowest BCUT2D eigenvalue weighted by molar-refractivity contribution is -0.159. The summed E-state index contributed by atoms with van der Waals surface area (Å²) < 4.78 is 61.6. The average Bonchev–Trinajstić information content (AvgIpc) is 3.32. The second-order valence-electron chi connectivity index (χ2n) is 10.7. The van der Waals surface area contributed by atoms with Crippen LogP contribution >= 0.6 is 0 Å². The number of halogens is 3. The highest BCUT2D eigenvalue weighted by Crippen LogP contribution is 2.30. The average molecular weight is 576 g/mol. The van der Waals surface area contributed by atoms with Gasteiger partial charge in [-0.3, -0.25) is 0 Å². The molecule has 222 valence electrons. The van der Waals surface area contributed by atoms with Crippen molar-refractivity contribution in [3.8, 4) is 11.5 Å². The van der Waals surface area contributed by atoms with E-state index in [4.69, 9.17) is 18.6 Å². The van der Waals surface area contributed by atoms with E-state index in [-0.39, 0.29) is 25.4 Å². The van der Waals surface area contributed by atoms with Crippen LogP contribution in [0, 0.1) is 6.92 Å². The van der Waals surface area contributed by atoms with Crippen molar-refractivity contribution in [2.45, 2.75) is 90.1 Å². The molecule has 10 heteroatoms. The maximum atomic E-state index is 12.8. The molecule has 1 aromatic heterocycles. The van der Waals surface area contributed by atoms with E-state index in [9.17, 15) is 23.1 Å². The van der Waals surface area contributed by atoms with Crippen molar-refractivity contribution in [1.29, 1.82) is 0 Å². The number of aromatic nitrogens is 1. The predicted octanol–water partition coefficient (Wildman–Crippen LogP) is 7.31. The first-order valence-electron chi connectivity index (χ1n) is 13.8. The van der Waals surface area contributed by atoms with Crippen LogP contribution < -0.4 is 0 Å². The monoisotopic (exact) mass is 575 g/mol. The largest absolute Gasteiger partial charge is 0.479 e. The summed E-state index contributed by atoms with van der Waals surface area (Å²) in [7, 11) is 0. The molecule has 0 radical (unpaired) electrons. The Labute approximate surface area is 237 Å². The normalized spacial score (nSPS) is 18.5. The summed E-state index contributed by atoms with van der Waals surface area (Å²) in [5.74, 6) is 0.498. The van der Waals surface area contributed by atoms with Crippen LogP contribution in [-0.4, -0.2) is 41.0 Å². The lowest BCUT2D eigenvalue weighted by Crippen LogP contribution is -2.34. The van der Waals surface area contributed by atoms with E-state index in [1.54, 1.807) is 0 Å². The van der Waals surface area contributed by atoms with Gasteiger partial charge in [-0.1, -0.05) is 38.1 Å². The Balaban J connectivity index is 1.25. The molecule has 2 aromatic carbocycles. The number of oxazole rings is 1. The number of alkyl halides is 3. The molecule has 3 unspecified atom stereocenters. The zero-order valence-electron chi connectivity index (χ0n) is 23.4. The van der Waals surface area contributed by atoms with Crippen LogP contribution in [-0.2, 0) is 38.4 Å². The second-order valence-corrected chi connectivity index (χ2v) is 10.7. The summed E-state index contributed by atoms with van der Waals surface area (Å²) in [5.41, 5.74) is 2.55. The molecular weight excluding hydrogens is 539 g/mol. The summed E-state index contributed by atoms with van der Waals surface area (Å²) in [4.78, 5) is 16.3. The zero-order chi connectivity index (χ0) is 29.6. The molecule has 0 aliphatic heterocycles. The quantitative estimate of drug-likeness (QED) is 0.242. The topological polar surface area (TPSA) is 91.0 Å². The minimum absolute atomic E-state index is 0.0741. The fraction of sp³-hybridized carbons (Fsp3) is 0.484. The van der Waals surface area contributed by atoms with Gasteiger partial charge in [-0.2, -0.15) is 13.2 Å². The first kappa shape index (κ1) is 30.7. The van der Waals surface area contributed by atoms with Crippen LogP contribution in [0.1, 0.15) is 73.6 Å². The number of carbonyl (C=O) groups is 1. The fourth-order valence-corrected chi connectivity index (χ4v) is 4.70. The molecule has 1 aliphatic rings. The fourth-order valence-electron chi connectivity index (χ4n) is 4.70. The molecule has 3 atom stereocenters. The lowest BCUT2D eigenvalue weighted by atomic mass is 9.95. The number of ether oxygens (including phenoxy) is 3. The number of hydrogen-bond donors (Lipinski definition) is 1. The van der Waals surface area contributed by atoms with Gasteiger partial charge in [-0.25, -0.2) is 9.78 Å². The molecule has 1 saturated carbocycles. The van der Waals surface area contributed by atoms with E-state index in [2.05, 4.69) is 31.0 Å². The van der Waals surface area contributed by atoms with Gasteiger partial charge in [0.2, 0.25) is 5.89 Å². The van der Waals surface area contributed by atoms with Gasteiger partial charge in [0.1, 0.15) is 11.5 Å². The van der Waals surface area contributed by atoms with Crippen molar-refractivity contribution in [3.63, 3.8) is 0 Å². The number of benzene rings is 2. The second kappa shape index (κ2) is 13.6. The number of rotatable bonds is 12. The van der Waals surface area contributed by atoms with Gasteiger partial charge in [0, 0.05) is 5.56 Å². The van der Waals surface area contributed by atoms with Crippen molar-refractivity contribution in [2.24, 2.45) is 0 Å². The van der Waals surface area contributed by atoms with Crippen LogP contribution in [0.25, 0.3) is 11.5 Å². The van der Waals surface area contributed by atoms with Gasteiger partial charge >= 0.3 is 12.1 Å². The Morgan fingerprint density at radius 2 is 1.68 bits per heavy atom. The predicted molar refractivity (Wildman–Crippen MR) is 145 cm³/mol. The molecule has 1 fully saturated rings. The third-order valence-electron chi connectivity index (χ3n) is 7.24. The van der Waals surface area contributed by atoms with Crippen LogP contribution in [0.15, 0.2) is 52.9 Å². The maximum Gasteiger partial charge on any atom is 0.416 e. The van der Waals surface area contributed by atoms with E-state index in [0.29, 0.717) is 36.2 Å². The number of aryl methyl sites for hydroxylation is 1.